The van der Waals surface area contributed by atoms with Gasteiger partial charge in [-0.25, -0.2) is 0 Å². The minimum absolute atomic E-state index is 0.0212. The molecular formula is C16H28N2O2. The van der Waals surface area contributed by atoms with Crippen molar-refractivity contribution >= 4 is 11.8 Å². The van der Waals surface area contributed by atoms with E-state index in [1.807, 2.05) is 4.90 Å². The summed E-state index contributed by atoms with van der Waals surface area (Å²) in [6, 6.07) is -0.0245. The molecule has 114 valence electrons. The zero-order valence-electron chi connectivity index (χ0n) is 13.1. The molecule has 2 fully saturated rings. The number of hydrogen-bond donors (Lipinski definition) is 1. The SMILES string of the molecule is CCCC1NC(=O)CCN(C2CCCCC2(C)C)C1=O. The third-order valence-corrected chi connectivity index (χ3v) is 4.90. The van der Waals surface area contributed by atoms with Gasteiger partial charge in [-0.3, -0.25) is 9.59 Å². The van der Waals surface area contributed by atoms with Crippen molar-refractivity contribution in [1.82, 2.24) is 10.2 Å². The standard InChI is InChI=1S/C16H28N2O2/c1-4-7-12-15(20)18(11-9-14(19)17-12)13-8-5-6-10-16(13,2)3/h12-13H,4-11H2,1-3H3,(H,17,19). The van der Waals surface area contributed by atoms with Crippen LogP contribution in [0.4, 0.5) is 0 Å². The molecule has 0 aromatic rings. The number of nitrogens with one attached hydrogen (secondary N) is 1. The average molecular weight is 280 g/mol. The van der Waals surface area contributed by atoms with Crippen LogP contribution in [0.15, 0.2) is 0 Å². The first kappa shape index (κ1) is 15.3. The van der Waals surface area contributed by atoms with Gasteiger partial charge in [-0.05, 0) is 24.7 Å². The molecule has 1 aliphatic carbocycles. The van der Waals surface area contributed by atoms with E-state index in [2.05, 4.69) is 26.1 Å². The fourth-order valence-electron chi connectivity index (χ4n) is 3.71. The number of hydrogen-bond acceptors (Lipinski definition) is 2. The third kappa shape index (κ3) is 3.15. The normalized spacial score (nSPS) is 30.9. The lowest BCUT2D eigenvalue weighted by Gasteiger charge is -2.45. The Balaban J connectivity index is 2.19. The van der Waals surface area contributed by atoms with Gasteiger partial charge in [0.05, 0.1) is 0 Å². The van der Waals surface area contributed by atoms with E-state index in [1.165, 1.54) is 19.3 Å². The topological polar surface area (TPSA) is 49.4 Å². The molecule has 0 radical (unpaired) electrons. The molecule has 4 heteroatoms. The van der Waals surface area contributed by atoms with Crippen LogP contribution >= 0.6 is 0 Å². The van der Waals surface area contributed by atoms with Gasteiger partial charge < -0.3 is 10.2 Å². The fourth-order valence-corrected chi connectivity index (χ4v) is 3.71. The van der Waals surface area contributed by atoms with Crippen LogP contribution in [0.1, 0.15) is 65.7 Å². The van der Waals surface area contributed by atoms with E-state index >= 15 is 0 Å². The van der Waals surface area contributed by atoms with Crippen molar-refractivity contribution in [2.24, 2.45) is 5.41 Å². The van der Waals surface area contributed by atoms with Crippen LogP contribution in [0.3, 0.4) is 0 Å². The first-order valence-electron chi connectivity index (χ1n) is 8.05. The number of rotatable bonds is 3. The minimum atomic E-state index is -0.312. The molecule has 2 amide bonds. The van der Waals surface area contributed by atoms with Gasteiger partial charge in [-0.1, -0.05) is 40.0 Å². The van der Waals surface area contributed by atoms with Crippen LogP contribution in [0.5, 0.6) is 0 Å². The smallest absolute Gasteiger partial charge is 0.245 e. The maximum atomic E-state index is 12.8. The van der Waals surface area contributed by atoms with Crippen LogP contribution in [0.2, 0.25) is 0 Å². The van der Waals surface area contributed by atoms with Crippen molar-refractivity contribution in [3.8, 4) is 0 Å². The van der Waals surface area contributed by atoms with Crippen LogP contribution in [0, 0.1) is 5.41 Å². The quantitative estimate of drug-likeness (QED) is 0.863. The third-order valence-electron chi connectivity index (χ3n) is 4.90. The predicted molar refractivity (Wildman–Crippen MR) is 79.2 cm³/mol. The van der Waals surface area contributed by atoms with Crippen molar-refractivity contribution < 1.29 is 9.59 Å². The molecule has 1 saturated heterocycles. The van der Waals surface area contributed by atoms with Gasteiger partial charge in [0.15, 0.2) is 0 Å². The molecule has 2 unspecified atom stereocenters. The Morgan fingerprint density at radius 3 is 2.70 bits per heavy atom. The van der Waals surface area contributed by atoms with Gasteiger partial charge in [-0.15, -0.1) is 0 Å². The molecule has 1 heterocycles. The molecule has 0 aromatic carbocycles. The Morgan fingerprint density at radius 1 is 1.30 bits per heavy atom. The molecule has 0 aromatic heterocycles. The van der Waals surface area contributed by atoms with Crippen molar-refractivity contribution in [1.29, 1.82) is 0 Å². The van der Waals surface area contributed by atoms with Crippen LogP contribution in [0.25, 0.3) is 0 Å². The van der Waals surface area contributed by atoms with E-state index in [9.17, 15) is 9.59 Å². The van der Waals surface area contributed by atoms with Gasteiger partial charge >= 0.3 is 0 Å². The maximum Gasteiger partial charge on any atom is 0.245 e. The summed E-state index contributed by atoms with van der Waals surface area (Å²) in [5.41, 5.74) is 0.165. The maximum absolute atomic E-state index is 12.8. The number of amides is 2. The Hall–Kier alpha value is -1.06. The Kier molecular flexibility index (Phi) is 4.71. The summed E-state index contributed by atoms with van der Waals surface area (Å²) < 4.78 is 0. The van der Waals surface area contributed by atoms with Gasteiger partial charge in [0, 0.05) is 19.0 Å². The summed E-state index contributed by atoms with van der Waals surface area (Å²) in [7, 11) is 0. The van der Waals surface area contributed by atoms with E-state index in [0.717, 1.165) is 19.3 Å². The van der Waals surface area contributed by atoms with Gasteiger partial charge in [-0.2, -0.15) is 0 Å². The highest BCUT2D eigenvalue weighted by Gasteiger charge is 2.41. The summed E-state index contributed by atoms with van der Waals surface area (Å²) in [4.78, 5) is 26.6. The summed E-state index contributed by atoms with van der Waals surface area (Å²) in [5.74, 6) is 0.158. The molecular weight excluding hydrogens is 252 g/mol. The highest BCUT2D eigenvalue weighted by Crippen LogP contribution is 2.39. The van der Waals surface area contributed by atoms with Gasteiger partial charge in [0.1, 0.15) is 6.04 Å². The number of carbonyl (C=O) groups excluding carboxylic acids is 2. The van der Waals surface area contributed by atoms with Crippen LogP contribution in [-0.4, -0.2) is 35.3 Å². The predicted octanol–water partition coefficient (Wildman–Crippen LogP) is 2.47. The second-order valence-electron chi connectivity index (χ2n) is 6.94. The lowest BCUT2D eigenvalue weighted by molar-refractivity contribution is -0.139. The average Bonchev–Trinajstić information content (AvgIpc) is 2.51. The Bertz CT molecular complexity index is 379. The van der Waals surface area contributed by atoms with Gasteiger partial charge in [0.2, 0.25) is 11.8 Å². The number of nitrogens with zero attached hydrogens (tertiary/aromatic N) is 1. The summed E-state index contributed by atoms with van der Waals surface area (Å²) in [6.45, 7) is 7.16. The van der Waals surface area contributed by atoms with E-state index in [-0.39, 0.29) is 29.3 Å². The first-order chi connectivity index (χ1) is 9.45. The Morgan fingerprint density at radius 2 is 2.05 bits per heavy atom. The summed E-state index contributed by atoms with van der Waals surface area (Å²) in [5, 5.41) is 2.90. The second-order valence-corrected chi connectivity index (χ2v) is 6.94. The van der Waals surface area contributed by atoms with Crippen molar-refractivity contribution in [2.45, 2.75) is 77.8 Å². The summed E-state index contributed by atoms with van der Waals surface area (Å²) >= 11 is 0. The molecule has 1 N–H and O–H groups in total. The van der Waals surface area contributed by atoms with Crippen molar-refractivity contribution in [3.63, 3.8) is 0 Å². The van der Waals surface area contributed by atoms with Crippen LogP contribution < -0.4 is 5.32 Å². The molecule has 2 aliphatic rings. The zero-order chi connectivity index (χ0) is 14.8. The number of carbonyl (C=O) groups is 2. The van der Waals surface area contributed by atoms with E-state index < -0.39 is 0 Å². The van der Waals surface area contributed by atoms with Gasteiger partial charge in [0.25, 0.3) is 0 Å². The fraction of sp³-hybridized carbons (Fsp3) is 0.875. The highest BCUT2D eigenvalue weighted by molar-refractivity contribution is 5.90. The molecule has 1 saturated carbocycles. The molecule has 20 heavy (non-hydrogen) atoms. The van der Waals surface area contributed by atoms with Crippen molar-refractivity contribution in [2.75, 3.05) is 6.54 Å². The van der Waals surface area contributed by atoms with E-state index in [1.54, 1.807) is 0 Å². The molecule has 2 atom stereocenters. The highest BCUT2D eigenvalue weighted by atomic mass is 16.2. The Labute approximate surface area is 122 Å². The van der Waals surface area contributed by atoms with E-state index in [4.69, 9.17) is 0 Å². The lowest BCUT2D eigenvalue weighted by Crippen LogP contribution is -2.53. The molecule has 0 spiro atoms. The minimum Gasteiger partial charge on any atom is -0.344 e. The van der Waals surface area contributed by atoms with Crippen molar-refractivity contribution in [3.05, 3.63) is 0 Å². The first-order valence-corrected chi connectivity index (χ1v) is 8.05. The molecule has 0 bridgehead atoms. The monoisotopic (exact) mass is 280 g/mol. The largest absolute Gasteiger partial charge is 0.344 e. The second kappa shape index (κ2) is 6.15. The zero-order valence-corrected chi connectivity index (χ0v) is 13.1. The molecule has 1 aliphatic heterocycles. The summed E-state index contributed by atoms with van der Waals surface area (Å²) in [6.07, 6.45) is 6.79. The molecule has 2 rings (SSSR count). The van der Waals surface area contributed by atoms with Crippen LogP contribution in [-0.2, 0) is 9.59 Å². The lowest BCUT2D eigenvalue weighted by atomic mass is 9.72. The molecule has 4 nitrogen and oxygen atoms in total. The van der Waals surface area contributed by atoms with E-state index in [0.29, 0.717) is 13.0 Å².